The van der Waals surface area contributed by atoms with Crippen LogP contribution in [0.15, 0.2) is 79.3 Å². The molecule has 0 aliphatic rings. The molecule has 0 unspecified atom stereocenters. The fourth-order valence-corrected chi connectivity index (χ4v) is 4.49. The maximum atomic E-state index is 2.32. The summed E-state index contributed by atoms with van der Waals surface area (Å²) in [6, 6.07) is 21.9. The van der Waals surface area contributed by atoms with E-state index in [1.807, 2.05) is 6.07 Å². The molecule has 0 N–H and O–H groups in total. The highest BCUT2D eigenvalue weighted by Gasteiger charge is 2.26. The molecular weight excluding hydrogens is 450 g/mol. The van der Waals surface area contributed by atoms with Gasteiger partial charge in [0.15, 0.2) is 18.6 Å². The van der Waals surface area contributed by atoms with Crippen molar-refractivity contribution in [1.82, 2.24) is 0 Å². The molecule has 4 aromatic rings. The van der Waals surface area contributed by atoms with Gasteiger partial charge in [-0.3, -0.25) is 0 Å². The number of hydrogen-bond acceptors (Lipinski definition) is 0. The Morgan fingerprint density at radius 1 is 0.514 bits per heavy atom. The van der Waals surface area contributed by atoms with E-state index in [2.05, 4.69) is 163 Å². The highest BCUT2D eigenvalue weighted by molar-refractivity contribution is 5.61. The lowest BCUT2D eigenvalue weighted by Crippen LogP contribution is -2.39. The largest absolute Gasteiger partial charge is 0.277 e. The zero-order valence-electron chi connectivity index (χ0n) is 24.8. The second-order valence-electron chi connectivity index (χ2n) is 12.3. The van der Waals surface area contributed by atoms with Crippen LogP contribution in [0.1, 0.15) is 63.8 Å². The lowest BCUT2D eigenvalue weighted by atomic mass is 9.85. The topological polar surface area (TPSA) is 11.6 Å². The normalized spacial score (nSPS) is 11.6. The Bertz CT molecular complexity index is 1320. The third-order valence-electron chi connectivity index (χ3n) is 7.01. The van der Waals surface area contributed by atoms with Gasteiger partial charge in [-0.25, -0.2) is 4.57 Å². The number of benzene rings is 1. The van der Waals surface area contributed by atoms with E-state index in [9.17, 15) is 0 Å². The highest BCUT2D eigenvalue weighted by Crippen LogP contribution is 2.27. The van der Waals surface area contributed by atoms with Crippen molar-refractivity contribution >= 4 is 0 Å². The summed E-state index contributed by atoms with van der Waals surface area (Å²) in [5.41, 5.74) is 10.8. The van der Waals surface area contributed by atoms with Gasteiger partial charge in [-0.15, -0.1) is 0 Å². The average Bonchev–Trinajstić information content (AvgIpc) is 2.80. The zero-order chi connectivity index (χ0) is 27.5. The zero-order valence-corrected chi connectivity index (χ0v) is 24.8. The number of aryl methyl sites for hydroxylation is 5. The minimum atomic E-state index is 0.156. The summed E-state index contributed by atoms with van der Waals surface area (Å²) in [5.74, 6) is 0. The maximum absolute atomic E-state index is 2.32. The molecule has 0 bridgehead atoms. The fourth-order valence-electron chi connectivity index (χ4n) is 4.49. The second kappa shape index (κ2) is 11.0. The second-order valence-corrected chi connectivity index (χ2v) is 12.3. The Morgan fingerprint density at radius 2 is 1.00 bits per heavy atom. The first-order valence-corrected chi connectivity index (χ1v) is 13.2. The van der Waals surface area contributed by atoms with E-state index in [1.165, 1.54) is 44.9 Å². The number of aromatic nitrogens is 3. The smallest absolute Gasteiger partial charge is 0.201 e. The predicted octanol–water partition coefficient (Wildman–Crippen LogP) is 6.39. The van der Waals surface area contributed by atoms with Gasteiger partial charge in [-0.05, 0) is 53.5 Å². The van der Waals surface area contributed by atoms with E-state index in [1.54, 1.807) is 0 Å². The van der Waals surface area contributed by atoms with Gasteiger partial charge >= 0.3 is 0 Å². The van der Waals surface area contributed by atoms with Crippen LogP contribution >= 0.6 is 0 Å². The van der Waals surface area contributed by atoms with Crippen LogP contribution in [0.5, 0.6) is 0 Å². The van der Waals surface area contributed by atoms with Crippen LogP contribution in [0.4, 0.5) is 0 Å². The lowest BCUT2D eigenvalue weighted by Gasteiger charge is -2.19. The van der Waals surface area contributed by atoms with E-state index in [-0.39, 0.29) is 10.8 Å². The van der Waals surface area contributed by atoms with E-state index in [0.29, 0.717) is 0 Å². The predicted molar refractivity (Wildman–Crippen MR) is 154 cm³/mol. The van der Waals surface area contributed by atoms with Crippen molar-refractivity contribution in [3.8, 4) is 22.6 Å². The van der Waals surface area contributed by atoms with Crippen LogP contribution < -0.4 is 13.7 Å². The molecule has 3 heterocycles. The summed E-state index contributed by atoms with van der Waals surface area (Å²) in [4.78, 5) is 0. The standard InChI is InChI=1S/C20H30N2.C14H16N/c1-19(2,3)15-9-11-21(7)17(13-15)18-14-16(20(4,5)6)10-12-22(18)8;1-11-7-8-13(12(2)10-11)14-6-4-5-9-15(14)3/h9-14H,1-8H3;4-10H,1-3H3/q+2;+1. The molecule has 194 valence electrons. The molecule has 3 heteroatoms. The van der Waals surface area contributed by atoms with Crippen molar-refractivity contribution in [3.63, 3.8) is 0 Å². The van der Waals surface area contributed by atoms with E-state index in [0.717, 1.165) is 0 Å². The molecule has 4 rings (SSSR count). The van der Waals surface area contributed by atoms with Gasteiger partial charge in [0.05, 0.1) is 0 Å². The molecule has 1 aromatic carbocycles. The summed E-state index contributed by atoms with van der Waals surface area (Å²) in [6.45, 7) is 17.9. The Hall–Kier alpha value is -3.33. The lowest BCUT2D eigenvalue weighted by molar-refractivity contribution is -0.690. The molecule has 0 aliphatic heterocycles. The number of pyridine rings is 3. The summed E-state index contributed by atoms with van der Waals surface area (Å²) < 4.78 is 6.56. The van der Waals surface area contributed by atoms with Crippen molar-refractivity contribution in [1.29, 1.82) is 0 Å². The third-order valence-corrected chi connectivity index (χ3v) is 7.01. The van der Waals surface area contributed by atoms with Crippen molar-refractivity contribution in [3.05, 3.63) is 102 Å². The summed E-state index contributed by atoms with van der Waals surface area (Å²) in [7, 11) is 6.31. The minimum Gasteiger partial charge on any atom is -0.201 e. The van der Waals surface area contributed by atoms with Crippen molar-refractivity contribution in [2.24, 2.45) is 21.1 Å². The van der Waals surface area contributed by atoms with Gasteiger partial charge in [0.2, 0.25) is 5.69 Å². The summed E-state index contributed by atoms with van der Waals surface area (Å²) >= 11 is 0. The van der Waals surface area contributed by atoms with Crippen molar-refractivity contribution in [2.75, 3.05) is 0 Å². The molecule has 3 nitrogen and oxygen atoms in total. The van der Waals surface area contributed by atoms with Crippen molar-refractivity contribution in [2.45, 2.75) is 66.2 Å². The first-order valence-electron chi connectivity index (χ1n) is 13.2. The first-order chi connectivity index (χ1) is 17.2. The van der Waals surface area contributed by atoms with Crippen LogP contribution in [0.3, 0.4) is 0 Å². The van der Waals surface area contributed by atoms with Gasteiger partial charge in [0.25, 0.3) is 11.4 Å². The molecule has 37 heavy (non-hydrogen) atoms. The molecule has 0 amide bonds. The molecule has 0 atom stereocenters. The SMILES string of the molecule is C[n+]1ccc(C(C)(C)C)cc1-c1cc(C(C)(C)C)cc[n+]1C.Cc1ccc(-c2cccc[n+]2C)c(C)c1. The van der Waals surface area contributed by atoms with Gasteiger partial charge < -0.3 is 0 Å². The monoisotopic (exact) mass is 496 g/mol. The minimum absolute atomic E-state index is 0.156. The Labute approximate surface area is 225 Å². The Morgan fingerprint density at radius 3 is 1.43 bits per heavy atom. The third kappa shape index (κ3) is 6.91. The van der Waals surface area contributed by atoms with Gasteiger partial charge in [0.1, 0.15) is 21.1 Å². The van der Waals surface area contributed by atoms with Gasteiger partial charge in [-0.2, -0.15) is 9.13 Å². The summed E-state index contributed by atoms with van der Waals surface area (Å²) in [6.07, 6.45) is 6.41. The fraction of sp³-hybridized carbons (Fsp3) is 0.382. The van der Waals surface area contributed by atoms with E-state index >= 15 is 0 Å². The van der Waals surface area contributed by atoms with Crippen LogP contribution in [-0.2, 0) is 32.0 Å². The van der Waals surface area contributed by atoms with Crippen molar-refractivity contribution < 1.29 is 13.7 Å². The number of nitrogens with zero attached hydrogens (tertiary/aromatic N) is 3. The highest BCUT2D eigenvalue weighted by atomic mass is 15.0. The molecule has 0 fully saturated rings. The van der Waals surface area contributed by atoms with Crippen LogP contribution in [-0.4, -0.2) is 0 Å². The molecule has 0 saturated carbocycles. The molecule has 0 spiro atoms. The average molecular weight is 497 g/mol. The number of rotatable bonds is 2. The summed E-state index contributed by atoms with van der Waals surface area (Å²) in [5, 5.41) is 0. The molecule has 0 saturated heterocycles. The maximum Gasteiger partial charge on any atom is 0.277 e. The first kappa shape index (κ1) is 28.2. The van der Waals surface area contributed by atoms with Crippen LogP contribution in [0, 0.1) is 13.8 Å². The molecular formula is C34H46N3+3. The quantitative estimate of drug-likeness (QED) is 0.285. The Kier molecular flexibility index (Phi) is 8.37. The van der Waals surface area contributed by atoms with Crippen LogP contribution in [0.25, 0.3) is 22.6 Å². The van der Waals surface area contributed by atoms with Gasteiger partial charge in [0, 0.05) is 42.0 Å². The number of hydrogen-bond donors (Lipinski definition) is 0. The van der Waals surface area contributed by atoms with E-state index < -0.39 is 0 Å². The molecule has 0 aliphatic carbocycles. The van der Waals surface area contributed by atoms with E-state index in [4.69, 9.17) is 0 Å². The molecule has 0 radical (unpaired) electrons. The molecule has 3 aromatic heterocycles. The Balaban J connectivity index is 0.000000220. The van der Waals surface area contributed by atoms with Crippen LogP contribution in [0.2, 0.25) is 0 Å². The van der Waals surface area contributed by atoms with Gasteiger partial charge in [-0.1, -0.05) is 59.2 Å².